The third-order valence-electron chi connectivity index (χ3n) is 2.57. The van der Waals surface area contributed by atoms with Crippen molar-refractivity contribution in [1.82, 2.24) is 9.97 Å². The molecule has 2 rings (SSSR count). The Morgan fingerprint density at radius 3 is 2.63 bits per heavy atom. The first kappa shape index (κ1) is 14.8. The number of carbonyl (C=O) groups is 1. The minimum Gasteiger partial charge on any atom is -0.296 e. The molecule has 10 heteroatoms. The molecule has 104 valence electrons. The van der Waals surface area contributed by atoms with Gasteiger partial charge < -0.3 is 0 Å². The Morgan fingerprint density at radius 1 is 1.37 bits per heavy atom. The second kappa shape index (κ2) is 5.40. The van der Waals surface area contributed by atoms with Crippen LogP contribution < -0.4 is 4.90 Å². The lowest BCUT2D eigenvalue weighted by atomic mass is 10.1. The molecule has 1 aliphatic heterocycles. The molecule has 6 nitrogen and oxygen atoms in total. The van der Waals surface area contributed by atoms with Crippen LogP contribution in [0.2, 0.25) is 10.4 Å². The summed E-state index contributed by atoms with van der Waals surface area (Å²) in [6, 6.07) is 1.39. The van der Waals surface area contributed by atoms with Crippen molar-refractivity contribution >= 4 is 54.7 Å². The lowest BCUT2D eigenvalue weighted by Crippen LogP contribution is -2.26. The smallest absolute Gasteiger partial charge is 0.232 e. The van der Waals surface area contributed by atoms with Gasteiger partial charge in [-0.1, -0.05) is 11.6 Å². The molecule has 0 radical (unpaired) electrons. The molecule has 0 saturated carbocycles. The van der Waals surface area contributed by atoms with Crippen LogP contribution in [0.4, 0.5) is 5.82 Å². The van der Waals surface area contributed by atoms with Gasteiger partial charge in [-0.05, 0) is 11.6 Å². The van der Waals surface area contributed by atoms with Crippen molar-refractivity contribution in [3.8, 4) is 0 Å². The van der Waals surface area contributed by atoms with E-state index in [0.717, 1.165) is 0 Å². The van der Waals surface area contributed by atoms with Gasteiger partial charge in [0.25, 0.3) is 0 Å². The van der Waals surface area contributed by atoms with Crippen molar-refractivity contribution in [2.75, 3.05) is 17.2 Å². The molecule has 1 amide bonds. The molecule has 1 unspecified atom stereocenters. The molecule has 0 aliphatic carbocycles. The molecule has 0 spiro atoms. The molecule has 1 aromatic rings. The summed E-state index contributed by atoms with van der Waals surface area (Å²) in [6.45, 7) is 0.203. The van der Waals surface area contributed by atoms with E-state index < -0.39 is 9.05 Å². The van der Waals surface area contributed by atoms with Gasteiger partial charge in [-0.25, -0.2) is 18.4 Å². The SMILES string of the molecule is O=C1CC(CS(=O)(=O)Cl)CN1c1cc(Cl)nc(Cl)n1. The average Bonchev–Trinajstić information content (AvgIpc) is 2.54. The van der Waals surface area contributed by atoms with Gasteiger partial charge in [0.05, 0.1) is 5.75 Å². The van der Waals surface area contributed by atoms with Gasteiger partial charge in [-0.2, -0.15) is 0 Å². The molecule has 1 aliphatic rings. The van der Waals surface area contributed by atoms with E-state index in [-0.39, 0.29) is 46.8 Å². The Hall–Kier alpha value is -0.630. The van der Waals surface area contributed by atoms with Crippen LogP contribution in [0, 0.1) is 5.92 Å². The number of rotatable bonds is 3. The third-order valence-corrected chi connectivity index (χ3v) is 4.18. The molecule has 0 N–H and O–H groups in total. The van der Waals surface area contributed by atoms with Gasteiger partial charge in [-0.3, -0.25) is 9.69 Å². The summed E-state index contributed by atoms with van der Waals surface area (Å²) < 4.78 is 22.0. The van der Waals surface area contributed by atoms with Crippen molar-refractivity contribution in [2.24, 2.45) is 5.92 Å². The minimum absolute atomic E-state index is 0.0799. The normalized spacial score (nSPS) is 20.1. The zero-order chi connectivity index (χ0) is 14.2. The fourth-order valence-corrected chi connectivity index (χ4v) is 3.63. The van der Waals surface area contributed by atoms with Crippen LogP contribution in [0.25, 0.3) is 0 Å². The number of aromatic nitrogens is 2. The molecule has 1 saturated heterocycles. The number of anilines is 1. The fraction of sp³-hybridized carbons (Fsp3) is 0.444. The van der Waals surface area contributed by atoms with Gasteiger partial charge in [0.1, 0.15) is 11.0 Å². The van der Waals surface area contributed by atoms with Crippen LogP contribution in [0.3, 0.4) is 0 Å². The van der Waals surface area contributed by atoms with Crippen LogP contribution in [-0.2, 0) is 13.8 Å². The maximum atomic E-state index is 11.8. The van der Waals surface area contributed by atoms with Gasteiger partial charge in [-0.15, -0.1) is 0 Å². The summed E-state index contributed by atoms with van der Waals surface area (Å²) in [6.07, 6.45) is 0.0885. The van der Waals surface area contributed by atoms with Gasteiger partial charge in [0, 0.05) is 35.6 Å². The van der Waals surface area contributed by atoms with E-state index in [9.17, 15) is 13.2 Å². The maximum Gasteiger partial charge on any atom is 0.232 e. The van der Waals surface area contributed by atoms with Crippen LogP contribution >= 0.6 is 33.9 Å². The highest BCUT2D eigenvalue weighted by molar-refractivity contribution is 8.13. The lowest BCUT2D eigenvalue weighted by Gasteiger charge is -2.15. The first-order chi connectivity index (χ1) is 8.74. The Morgan fingerprint density at radius 2 is 2.05 bits per heavy atom. The number of hydrogen-bond donors (Lipinski definition) is 0. The minimum atomic E-state index is -3.64. The van der Waals surface area contributed by atoms with Gasteiger partial charge in [0.15, 0.2) is 0 Å². The first-order valence-corrected chi connectivity index (χ1v) is 8.41. The summed E-state index contributed by atoms with van der Waals surface area (Å²) in [7, 11) is 1.54. The molecular weight excluding hydrogens is 337 g/mol. The lowest BCUT2D eigenvalue weighted by molar-refractivity contribution is -0.117. The number of nitrogens with zero attached hydrogens (tertiary/aromatic N) is 3. The Bertz CT molecular complexity index is 602. The van der Waals surface area contributed by atoms with Crippen molar-refractivity contribution in [3.63, 3.8) is 0 Å². The molecule has 1 fully saturated rings. The standard InChI is InChI=1S/C9H8Cl3N3O3S/c10-6-2-7(14-9(11)13-6)15-3-5(1-8(15)16)4-19(12,17)18/h2,5H,1,3-4H2. The highest BCUT2D eigenvalue weighted by Gasteiger charge is 2.34. The van der Waals surface area contributed by atoms with E-state index in [1.54, 1.807) is 0 Å². The number of carbonyl (C=O) groups excluding carboxylic acids is 1. The van der Waals surface area contributed by atoms with Gasteiger partial charge >= 0.3 is 0 Å². The molecule has 2 heterocycles. The zero-order valence-electron chi connectivity index (χ0n) is 9.38. The molecule has 0 aromatic carbocycles. The van der Waals surface area contributed by atoms with E-state index >= 15 is 0 Å². The number of amides is 1. The van der Waals surface area contributed by atoms with Crippen molar-refractivity contribution in [3.05, 3.63) is 16.5 Å². The van der Waals surface area contributed by atoms with Crippen LogP contribution in [0.5, 0.6) is 0 Å². The van der Waals surface area contributed by atoms with Crippen LogP contribution in [0.15, 0.2) is 6.07 Å². The third kappa shape index (κ3) is 3.92. The molecular formula is C9H8Cl3N3O3S. The second-order valence-corrected chi connectivity index (χ2v) is 7.64. The highest BCUT2D eigenvalue weighted by Crippen LogP contribution is 2.27. The van der Waals surface area contributed by atoms with Crippen molar-refractivity contribution in [1.29, 1.82) is 0 Å². The average molecular weight is 345 g/mol. The predicted octanol–water partition coefficient (Wildman–Crippen LogP) is 1.70. The van der Waals surface area contributed by atoms with E-state index in [1.807, 2.05) is 0 Å². The summed E-state index contributed by atoms with van der Waals surface area (Å²) in [4.78, 5) is 20.7. The van der Waals surface area contributed by atoms with E-state index in [2.05, 4.69) is 9.97 Å². The molecule has 1 atom stereocenters. The summed E-state index contributed by atoms with van der Waals surface area (Å²) in [5, 5.41) is 0.0277. The molecule has 0 bridgehead atoms. The maximum absolute atomic E-state index is 11.8. The fourth-order valence-electron chi connectivity index (χ4n) is 1.91. The van der Waals surface area contributed by atoms with Crippen LogP contribution in [-0.4, -0.2) is 36.6 Å². The topological polar surface area (TPSA) is 80.2 Å². The first-order valence-electron chi connectivity index (χ1n) is 5.17. The predicted molar refractivity (Wildman–Crippen MR) is 72.2 cm³/mol. The summed E-state index contributed by atoms with van der Waals surface area (Å²) in [5.74, 6) is -0.633. The molecule has 1 aromatic heterocycles. The van der Waals surface area contributed by atoms with E-state index in [4.69, 9.17) is 33.9 Å². The number of halogens is 3. The zero-order valence-corrected chi connectivity index (χ0v) is 12.5. The monoisotopic (exact) mass is 343 g/mol. The van der Waals surface area contributed by atoms with E-state index in [1.165, 1.54) is 11.0 Å². The Kier molecular flexibility index (Phi) is 4.20. The largest absolute Gasteiger partial charge is 0.296 e. The highest BCUT2D eigenvalue weighted by atomic mass is 35.7. The van der Waals surface area contributed by atoms with E-state index in [0.29, 0.717) is 0 Å². The van der Waals surface area contributed by atoms with Crippen molar-refractivity contribution < 1.29 is 13.2 Å². The molecule has 19 heavy (non-hydrogen) atoms. The quantitative estimate of drug-likeness (QED) is 0.474. The van der Waals surface area contributed by atoms with Crippen molar-refractivity contribution in [2.45, 2.75) is 6.42 Å². The summed E-state index contributed by atoms with van der Waals surface area (Å²) in [5.41, 5.74) is 0. The summed E-state index contributed by atoms with van der Waals surface area (Å²) >= 11 is 11.4. The second-order valence-electron chi connectivity index (χ2n) is 4.10. The Labute approximate surface area is 124 Å². The van der Waals surface area contributed by atoms with Gasteiger partial charge in [0.2, 0.25) is 20.2 Å². The Balaban J connectivity index is 2.20. The number of hydrogen-bond acceptors (Lipinski definition) is 5. The van der Waals surface area contributed by atoms with Crippen LogP contribution in [0.1, 0.15) is 6.42 Å².